The largest absolute Gasteiger partial charge is 0.467 e. The molecule has 0 radical (unpaired) electrons. The van der Waals surface area contributed by atoms with Crippen LogP contribution in [0, 0.1) is 5.41 Å². The fourth-order valence-corrected chi connectivity index (χ4v) is 4.14. The first-order valence-electron chi connectivity index (χ1n) is 8.51. The van der Waals surface area contributed by atoms with E-state index in [1.165, 1.54) is 7.11 Å². The van der Waals surface area contributed by atoms with Gasteiger partial charge in [-0.25, -0.2) is 9.59 Å². The Labute approximate surface area is 142 Å². The molecule has 0 aromatic heterocycles. The molecule has 0 aromatic rings. The Balaban J connectivity index is 1.52. The minimum Gasteiger partial charge on any atom is -0.467 e. The minimum atomic E-state index is -0.488. The lowest BCUT2D eigenvalue weighted by Crippen LogP contribution is -2.68. The Morgan fingerprint density at radius 1 is 1.21 bits per heavy atom. The maximum Gasteiger partial charge on any atom is 0.410 e. The summed E-state index contributed by atoms with van der Waals surface area (Å²) < 4.78 is 10.2. The van der Waals surface area contributed by atoms with Crippen LogP contribution in [-0.4, -0.2) is 65.7 Å². The molecule has 1 unspecified atom stereocenters. The molecular weight excluding hydrogens is 312 g/mol. The van der Waals surface area contributed by atoms with Gasteiger partial charge in [0.15, 0.2) is 0 Å². The topological polar surface area (TPSA) is 76.2 Å². The summed E-state index contributed by atoms with van der Waals surface area (Å²) in [5, 5.41) is 0. The van der Waals surface area contributed by atoms with Gasteiger partial charge >= 0.3 is 12.1 Å². The molecule has 2 aliphatic heterocycles. The van der Waals surface area contributed by atoms with Gasteiger partial charge in [-0.2, -0.15) is 0 Å². The van der Waals surface area contributed by atoms with E-state index in [1.807, 2.05) is 20.8 Å². The zero-order valence-electron chi connectivity index (χ0n) is 14.8. The number of rotatable bonds is 2. The third kappa shape index (κ3) is 2.96. The van der Waals surface area contributed by atoms with Crippen LogP contribution >= 0.6 is 0 Å². The third-order valence-corrected chi connectivity index (χ3v) is 5.16. The van der Waals surface area contributed by atoms with Gasteiger partial charge in [0.2, 0.25) is 5.91 Å². The molecular formula is C17H26N2O5. The van der Waals surface area contributed by atoms with Gasteiger partial charge in [0, 0.05) is 31.0 Å². The van der Waals surface area contributed by atoms with Crippen molar-refractivity contribution in [1.29, 1.82) is 0 Å². The molecule has 1 aliphatic carbocycles. The summed E-state index contributed by atoms with van der Waals surface area (Å²) in [7, 11) is 1.36. The van der Waals surface area contributed by atoms with Gasteiger partial charge in [0.25, 0.3) is 0 Å². The zero-order valence-corrected chi connectivity index (χ0v) is 14.8. The number of hydrogen-bond acceptors (Lipinski definition) is 5. The van der Waals surface area contributed by atoms with Crippen LogP contribution in [0.5, 0.6) is 0 Å². The Bertz CT molecular complexity index is 554. The van der Waals surface area contributed by atoms with E-state index in [-0.39, 0.29) is 29.4 Å². The lowest BCUT2D eigenvalue weighted by atomic mass is 9.60. The summed E-state index contributed by atoms with van der Waals surface area (Å²) >= 11 is 0. The van der Waals surface area contributed by atoms with Crippen molar-refractivity contribution < 1.29 is 23.9 Å². The molecule has 1 spiro atoms. The van der Waals surface area contributed by atoms with E-state index in [0.717, 1.165) is 12.8 Å². The van der Waals surface area contributed by atoms with E-state index in [2.05, 4.69) is 0 Å². The van der Waals surface area contributed by atoms with E-state index in [9.17, 15) is 14.4 Å². The van der Waals surface area contributed by atoms with Crippen LogP contribution in [0.4, 0.5) is 4.79 Å². The van der Waals surface area contributed by atoms with Crippen molar-refractivity contribution in [2.45, 2.75) is 64.1 Å². The minimum absolute atomic E-state index is 0.0357. The van der Waals surface area contributed by atoms with Gasteiger partial charge in [-0.3, -0.25) is 4.79 Å². The number of methoxy groups -OCH3 is 1. The summed E-state index contributed by atoms with van der Waals surface area (Å²) in [6, 6.07) is -0.350. The standard InChI is InChI=1S/C17H26N2O5/c1-16(2,3)24-15(22)18-9-17(10-18)7-11(8-17)19-12(14(21)23-4)5-6-13(19)20/h11-12H,5-10H2,1-4H3. The molecule has 2 amide bonds. The fraction of sp³-hybridized carbons (Fsp3) is 0.824. The van der Waals surface area contributed by atoms with Crippen molar-refractivity contribution in [1.82, 2.24) is 9.80 Å². The number of carbonyl (C=O) groups is 3. The molecule has 1 atom stereocenters. The maximum absolute atomic E-state index is 12.1. The van der Waals surface area contributed by atoms with Crippen molar-refractivity contribution in [2.75, 3.05) is 20.2 Å². The van der Waals surface area contributed by atoms with Crippen LogP contribution in [0.25, 0.3) is 0 Å². The normalized spacial score (nSPS) is 26.2. The van der Waals surface area contributed by atoms with E-state index in [0.29, 0.717) is 25.9 Å². The molecule has 134 valence electrons. The average Bonchev–Trinajstić information content (AvgIpc) is 2.75. The number of esters is 1. The molecule has 2 heterocycles. The predicted molar refractivity (Wildman–Crippen MR) is 85.1 cm³/mol. The average molecular weight is 338 g/mol. The van der Waals surface area contributed by atoms with Crippen molar-refractivity contribution >= 4 is 18.0 Å². The third-order valence-electron chi connectivity index (χ3n) is 5.16. The summed E-state index contributed by atoms with van der Waals surface area (Å²) in [6.45, 7) is 6.90. The molecule has 0 N–H and O–H groups in total. The molecule has 24 heavy (non-hydrogen) atoms. The molecule has 7 heteroatoms. The van der Waals surface area contributed by atoms with Crippen LogP contribution in [0.15, 0.2) is 0 Å². The fourth-order valence-electron chi connectivity index (χ4n) is 4.14. The number of likely N-dealkylation sites (tertiary alicyclic amines) is 2. The molecule has 7 nitrogen and oxygen atoms in total. The van der Waals surface area contributed by atoms with E-state index in [1.54, 1.807) is 9.80 Å². The summed E-state index contributed by atoms with van der Waals surface area (Å²) in [6.07, 6.45) is 2.35. The van der Waals surface area contributed by atoms with Crippen LogP contribution < -0.4 is 0 Å². The quantitative estimate of drug-likeness (QED) is 0.714. The highest BCUT2D eigenvalue weighted by molar-refractivity contribution is 5.88. The Hall–Kier alpha value is -1.79. The SMILES string of the molecule is COC(=O)C1CCC(=O)N1C1CC2(C1)CN(C(=O)OC(C)(C)C)C2. The van der Waals surface area contributed by atoms with Gasteiger partial charge in [-0.15, -0.1) is 0 Å². The van der Waals surface area contributed by atoms with Crippen LogP contribution in [0.2, 0.25) is 0 Å². The predicted octanol–water partition coefficient (Wildman–Crippen LogP) is 1.55. The highest BCUT2D eigenvalue weighted by Crippen LogP contribution is 2.51. The van der Waals surface area contributed by atoms with Gasteiger partial charge in [0.1, 0.15) is 11.6 Å². The zero-order chi connectivity index (χ0) is 17.7. The molecule has 3 aliphatic rings. The van der Waals surface area contributed by atoms with E-state index < -0.39 is 11.6 Å². The number of nitrogens with zero attached hydrogens (tertiary/aromatic N) is 2. The van der Waals surface area contributed by atoms with Crippen molar-refractivity contribution in [3.63, 3.8) is 0 Å². The molecule has 2 saturated heterocycles. The second-order valence-corrected chi connectivity index (χ2v) is 8.28. The summed E-state index contributed by atoms with van der Waals surface area (Å²) in [5.41, 5.74) is -0.400. The van der Waals surface area contributed by atoms with E-state index in [4.69, 9.17) is 9.47 Å². The van der Waals surface area contributed by atoms with Crippen LogP contribution in [-0.2, 0) is 19.1 Å². The number of ether oxygens (including phenoxy) is 2. The first-order valence-corrected chi connectivity index (χ1v) is 8.51. The molecule has 0 aromatic carbocycles. The van der Waals surface area contributed by atoms with Gasteiger partial charge < -0.3 is 19.3 Å². The highest BCUT2D eigenvalue weighted by atomic mass is 16.6. The maximum atomic E-state index is 12.1. The summed E-state index contributed by atoms with van der Waals surface area (Å²) in [5.74, 6) is -0.292. The van der Waals surface area contributed by atoms with Crippen LogP contribution in [0.3, 0.4) is 0 Å². The summed E-state index contributed by atoms with van der Waals surface area (Å²) in [4.78, 5) is 39.4. The molecule has 3 fully saturated rings. The lowest BCUT2D eigenvalue weighted by molar-refractivity contribution is -0.160. The second-order valence-electron chi connectivity index (χ2n) is 8.28. The highest BCUT2D eigenvalue weighted by Gasteiger charge is 2.58. The smallest absolute Gasteiger partial charge is 0.410 e. The first-order chi connectivity index (χ1) is 11.1. The van der Waals surface area contributed by atoms with Crippen molar-refractivity contribution in [3.05, 3.63) is 0 Å². The molecule has 0 bridgehead atoms. The van der Waals surface area contributed by atoms with E-state index >= 15 is 0 Å². The van der Waals surface area contributed by atoms with Crippen LogP contribution in [0.1, 0.15) is 46.5 Å². The van der Waals surface area contributed by atoms with Gasteiger partial charge in [-0.05, 0) is 40.0 Å². The van der Waals surface area contributed by atoms with Gasteiger partial charge in [0.05, 0.1) is 7.11 Å². The van der Waals surface area contributed by atoms with Gasteiger partial charge in [-0.1, -0.05) is 0 Å². The second kappa shape index (κ2) is 5.63. The number of amides is 2. The Morgan fingerprint density at radius 3 is 2.38 bits per heavy atom. The van der Waals surface area contributed by atoms with Crippen molar-refractivity contribution in [2.24, 2.45) is 5.41 Å². The Kier molecular flexibility index (Phi) is 4.00. The monoisotopic (exact) mass is 338 g/mol. The lowest BCUT2D eigenvalue weighted by Gasteiger charge is -2.60. The molecule has 1 saturated carbocycles. The first kappa shape index (κ1) is 17.0. The number of carbonyl (C=O) groups excluding carboxylic acids is 3. The molecule has 3 rings (SSSR count). The Morgan fingerprint density at radius 2 is 1.83 bits per heavy atom. The number of hydrogen-bond donors (Lipinski definition) is 0. The van der Waals surface area contributed by atoms with Crippen molar-refractivity contribution in [3.8, 4) is 0 Å².